The van der Waals surface area contributed by atoms with E-state index in [0.717, 1.165) is 0 Å². The molecule has 7 heteroatoms. The zero-order valence-corrected chi connectivity index (χ0v) is 12.3. The van der Waals surface area contributed by atoms with Gasteiger partial charge in [-0.3, -0.25) is 4.79 Å². The Kier molecular flexibility index (Phi) is 5.35. The Morgan fingerprint density at radius 1 is 1.30 bits per heavy atom. The van der Waals surface area contributed by atoms with E-state index in [1.165, 1.54) is 12.0 Å². The summed E-state index contributed by atoms with van der Waals surface area (Å²) in [6.45, 7) is 5.05. The van der Waals surface area contributed by atoms with Gasteiger partial charge in [-0.25, -0.2) is 4.79 Å². The minimum Gasteiger partial charge on any atom is -0.469 e. The average molecular weight is 289 g/mol. The highest BCUT2D eigenvalue weighted by Crippen LogP contribution is 2.25. The number of esters is 1. The van der Waals surface area contributed by atoms with Gasteiger partial charge in [-0.15, -0.1) is 0 Å². The zero-order chi connectivity index (χ0) is 15.5. The van der Waals surface area contributed by atoms with Gasteiger partial charge in [0.05, 0.1) is 19.8 Å². The fourth-order valence-electron chi connectivity index (χ4n) is 2.15. The molecule has 7 nitrogen and oxygen atoms in total. The minimum absolute atomic E-state index is 0.0131. The Bertz CT molecular complexity index is 364. The molecule has 0 radical (unpaired) electrons. The third-order valence-corrected chi connectivity index (χ3v) is 3.16. The van der Waals surface area contributed by atoms with E-state index in [1.807, 2.05) is 0 Å². The molecule has 1 aliphatic heterocycles. The van der Waals surface area contributed by atoms with Gasteiger partial charge in [0.25, 0.3) is 0 Å². The monoisotopic (exact) mass is 289 g/mol. The van der Waals surface area contributed by atoms with Gasteiger partial charge in [0.2, 0.25) is 0 Å². The molecule has 20 heavy (non-hydrogen) atoms. The van der Waals surface area contributed by atoms with Crippen LogP contribution in [0.25, 0.3) is 0 Å². The topological polar surface area (TPSA) is 96.3 Å². The number of nitrogens with zero attached hydrogens (tertiary/aromatic N) is 1. The fourth-order valence-corrected chi connectivity index (χ4v) is 2.15. The lowest BCUT2D eigenvalue weighted by Crippen LogP contribution is -2.55. The van der Waals surface area contributed by atoms with Gasteiger partial charge in [0.1, 0.15) is 11.5 Å². The van der Waals surface area contributed by atoms with Crippen LogP contribution in [0.1, 0.15) is 20.8 Å². The van der Waals surface area contributed by atoms with Gasteiger partial charge in [0, 0.05) is 19.0 Å². The summed E-state index contributed by atoms with van der Waals surface area (Å²) in [5, 5.41) is 19.3. The highest BCUT2D eigenvalue weighted by atomic mass is 16.6. The summed E-state index contributed by atoms with van der Waals surface area (Å²) >= 11 is 0. The second-order valence-electron chi connectivity index (χ2n) is 5.95. The molecule has 0 unspecified atom stereocenters. The molecule has 0 aromatic carbocycles. The molecule has 0 aromatic rings. The van der Waals surface area contributed by atoms with Crippen LogP contribution in [-0.2, 0) is 14.3 Å². The SMILES string of the molecule is COC(=O)[C@@H]1CN(C(=O)OC(C)(C)C)C[C@H](CO)[C@@H]1O. The van der Waals surface area contributed by atoms with Gasteiger partial charge >= 0.3 is 12.1 Å². The van der Waals surface area contributed by atoms with Crippen molar-refractivity contribution in [3.63, 3.8) is 0 Å². The van der Waals surface area contributed by atoms with Crippen LogP contribution in [0.4, 0.5) is 4.79 Å². The first kappa shape index (κ1) is 16.7. The Morgan fingerprint density at radius 2 is 1.90 bits per heavy atom. The third-order valence-electron chi connectivity index (χ3n) is 3.16. The van der Waals surface area contributed by atoms with E-state index in [1.54, 1.807) is 20.8 Å². The standard InChI is InChI=1S/C13H23NO6/c1-13(2,3)20-12(18)14-5-8(7-15)10(16)9(6-14)11(17)19-4/h8-10,15-16H,5-7H2,1-4H3/t8-,9-,10+/m1/s1. The average Bonchev–Trinajstić information content (AvgIpc) is 2.36. The number of aliphatic hydroxyl groups is 2. The van der Waals surface area contributed by atoms with Crippen molar-refractivity contribution in [2.45, 2.75) is 32.5 Å². The van der Waals surface area contributed by atoms with Gasteiger partial charge < -0.3 is 24.6 Å². The number of carbonyl (C=O) groups is 2. The number of aliphatic hydroxyl groups excluding tert-OH is 2. The van der Waals surface area contributed by atoms with Crippen LogP contribution in [0.2, 0.25) is 0 Å². The molecular weight excluding hydrogens is 266 g/mol. The first-order valence-electron chi connectivity index (χ1n) is 6.54. The Balaban J connectivity index is 2.83. The molecule has 1 aliphatic rings. The van der Waals surface area contributed by atoms with Crippen molar-refractivity contribution in [3.8, 4) is 0 Å². The molecule has 0 spiro atoms. The molecule has 0 aromatic heterocycles. The summed E-state index contributed by atoms with van der Waals surface area (Å²) in [4.78, 5) is 25.0. The summed E-state index contributed by atoms with van der Waals surface area (Å²) < 4.78 is 9.86. The number of rotatable bonds is 2. The molecule has 1 fully saturated rings. The highest BCUT2D eigenvalue weighted by Gasteiger charge is 2.42. The lowest BCUT2D eigenvalue weighted by atomic mass is 9.86. The summed E-state index contributed by atoms with van der Waals surface area (Å²) in [5.74, 6) is -2.08. The van der Waals surface area contributed by atoms with Gasteiger partial charge in [-0.05, 0) is 20.8 Å². The number of methoxy groups -OCH3 is 1. The maximum atomic E-state index is 12.0. The van der Waals surface area contributed by atoms with Crippen molar-refractivity contribution >= 4 is 12.1 Å². The van der Waals surface area contributed by atoms with Crippen molar-refractivity contribution in [2.75, 3.05) is 26.8 Å². The molecule has 1 amide bonds. The molecule has 0 aliphatic carbocycles. The van der Waals surface area contributed by atoms with Crippen LogP contribution in [0.15, 0.2) is 0 Å². The highest BCUT2D eigenvalue weighted by molar-refractivity contribution is 5.75. The number of carbonyl (C=O) groups excluding carboxylic acids is 2. The molecule has 1 saturated heterocycles. The molecule has 0 bridgehead atoms. The summed E-state index contributed by atoms with van der Waals surface area (Å²) in [6.07, 6.45) is -1.61. The predicted octanol–water partition coefficient (Wildman–Crippen LogP) is -0.00430. The second kappa shape index (κ2) is 6.41. The van der Waals surface area contributed by atoms with Crippen molar-refractivity contribution in [2.24, 2.45) is 11.8 Å². The van der Waals surface area contributed by atoms with E-state index in [4.69, 9.17) is 4.74 Å². The van der Waals surface area contributed by atoms with Crippen LogP contribution in [0.3, 0.4) is 0 Å². The predicted molar refractivity (Wildman–Crippen MR) is 69.9 cm³/mol. The van der Waals surface area contributed by atoms with Crippen molar-refractivity contribution in [1.82, 2.24) is 4.90 Å². The number of hydrogen-bond donors (Lipinski definition) is 2. The van der Waals surface area contributed by atoms with Crippen LogP contribution in [0, 0.1) is 11.8 Å². The number of hydrogen-bond acceptors (Lipinski definition) is 6. The van der Waals surface area contributed by atoms with Crippen molar-refractivity contribution in [1.29, 1.82) is 0 Å². The third kappa shape index (κ3) is 4.08. The van der Waals surface area contributed by atoms with Crippen molar-refractivity contribution in [3.05, 3.63) is 0 Å². The van der Waals surface area contributed by atoms with E-state index < -0.39 is 35.6 Å². The van der Waals surface area contributed by atoms with E-state index in [9.17, 15) is 19.8 Å². The van der Waals surface area contributed by atoms with Gasteiger partial charge in [-0.1, -0.05) is 0 Å². The summed E-state index contributed by atoms with van der Waals surface area (Å²) in [7, 11) is 1.22. The van der Waals surface area contributed by atoms with Crippen LogP contribution >= 0.6 is 0 Å². The van der Waals surface area contributed by atoms with E-state index in [2.05, 4.69) is 4.74 Å². The Morgan fingerprint density at radius 3 is 2.35 bits per heavy atom. The number of ether oxygens (including phenoxy) is 2. The lowest BCUT2D eigenvalue weighted by molar-refractivity contribution is -0.155. The number of likely N-dealkylation sites (tertiary alicyclic amines) is 1. The van der Waals surface area contributed by atoms with Crippen LogP contribution in [0.5, 0.6) is 0 Å². The quantitative estimate of drug-likeness (QED) is 0.694. The van der Waals surface area contributed by atoms with E-state index >= 15 is 0 Å². The number of amides is 1. The maximum Gasteiger partial charge on any atom is 0.410 e. The fraction of sp³-hybridized carbons (Fsp3) is 0.846. The van der Waals surface area contributed by atoms with E-state index in [0.29, 0.717) is 0 Å². The van der Waals surface area contributed by atoms with Gasteiger partial charge in [-0.2, -0.15) is 0 Å². The molecule has 2 N–H and O–H groups in total. The largest absolute Gasteiger partial charge is 0.469 e. The van der Waals surface area contributed by atoms with E-state index in [-0.39, 0.29) is 19.7 Å². The molecule has 3 atom stereocenters. The smallest absolute Gasteiger partial charge is 0.410 e. The molecule has 1 rings (SSSR count). The second-order valence-corrected chi connectivity index (χ2v) is 5.95. The number of piperidine rings is 1. The molecular formula is C13H23NO6. The molecule has 0 saturated carbocycles. The van der Waals surface area contributed by atoms with Gasteiger partial charge in [0.15, 0.2) is 0 Å². The first-order chi connectivity index (χ1) is 9.19. The minimum atomic E-state index is -1.04. The Hall–Kier alpha value is -1.34. The zero-order valence-electron chi connectivity index (χ0n) is 12.3. The lowest BCUT2D eigenvalue weighted by Gasteiger charge is -2.39. The van der Waals surface area contributed by atoms with Crippen molar-refractivity contribution < 1.29 is 29.3 Å². The molecule has 116 valence electrons. The molecule has 1 heterocycles. The summed E-state index contributed by atoms with van der Waals surface area (Å²) in [6, 6.07) is 0. The summed E-state index contributed by atoms with van der Waals surface area (Å²) in [5.41, 5.74) is -0.650. The van der Waals surface area contributed by atoms with Crippen LogP contribution in [-0.4, -0.2) is 65.7 Å². The van der Waals surface area contributed by atoms with Crippen LogP contribution < -0.4 is 0 Å². The normalized spacial score (nSPS) is 27.1. The maximum absolute atomic E-state index is 12.0. The first-order valence-corrected chi connectivity index (χ1v) is 6.54. The Labute approximate surface area is 118 Å².